The zero-order valence-corrected chi connectivity index (χ0v) is 19.0. The second kappa shape index (κ2) is 10.5. The number of benzene rings is 2. The first kappa shape index (κ1) is 22.8. The summed E-state index contributed by atoms with van der Waals surface area (Å²) in [4.78, 5) is 15.2. The van der Waals surface area contributed by atoms with Crippen molar-refractivity contribution in [2.45, 2.75) is 31.5 Å². The minimum atomic E-state index is -0.683. The van der Waals surface area contributed by atoms with Crippen molar-refractivity contribution in [3.63, 3.8) is 0 Å². The second-order valence-corrected chi connectivity index (χ2v) is 8.19. The molecule has 2 heterocycles. The smallest absolute Gasteiger partial charge is 0.259 e. The highest BCUT2D eigenvalue weighted by atomic mass is 16.5. The number of aromatic hydroxyl groups is 1. The summed E-state index contributed by atoms with van der Waals surface area (Å²) in [6.45, 7) is 2.56. The molecule has 0 saturated carbocycles. The van der Waals surface area contributed by atoms with Crippen LogP contribution in [0.1, 0.15) is 36.1 Å². The van der Waals surface area contributed by atoms with Crippen molar-refractivity contribution in [3.8, 4) is 11.5 Å². The number of amides is 1. The lowest BCUT2D eigenvalue weighted by Crippen LogP contribution is -2.35. The Hall–Kier alpha value is -3.36. The molecule has 1 atom stereocenters. The average molecular weight is 451 g/mol. The van der Waals surface area contributed by atoms with Gasteiger partial charge in [0.1, 0.15) is 5.82 Å². The number of ether oxygens (including phenoxy) is 2. The zero-order valence-electron chi connectivity index (χ0n) is 19.0. The molecule has 0 radical (unpaired) electrons. The van der Waals surface area contributed by atoms with Crippen molar-refractivity contribution in [3.05, 3.63) is 71.9 Å². The van der Waals surface area contributed by atoms with Crippen LogP contribution in [0.4, 0.5) is 5.82 Å². The van der Waals surface area contributed by atoms with Crippen LogP contribution in [-0.4, -0.2) is 53.0 Å². The number of phenols is 1. The molecule has 8 heteroatoms. The van der Waals surface area contributed by atoms with Gasteiger partial charge in [0, 0.05) is 32.8 Å². The number of methoxy groups -OCH3 is 2. The van der Waals surface area contributed by atoms with Gasteiger partial charge >= 0.3 is 0 Å². The third-order valence-electron chi connectivity index (χ3n) is 6.05. The van der Waals surface area contributed by atoms with E-state index >= 15 is 0 Å². The van der Waals surface area contributed by atoms with E-state index in [1.54, 1.807) is 25.4 Å². The SMILES string of the molecule is COc1ccc(CN2CCC(n3nccc3NC(=O)[C@@H](OC)c3ccccc3)CC2)cc1O. The Morgan fingerprint density at radius 1 is 1.15 bits per heavy atom. The number of hydrogen-bond acceptors (Lipinski definition) is 6. The topological polar surface area (TPSA) is 88.9 Å². The van der Waals surface area contributed by atoms with Crippen LogP contribution >= 0.6 is 0 Å². The summed E-state index contributed by atoms with van der Waals surface area (Å²) in [5, 5.41) is 17.5. The fraction of sp³-hybridized carbons (Fsp3) is 0.360. The van der Waals surface area contributed by atoms with Gasteiger partial charge in [-0.1, -0.05) is 36.4 Å². The van der Waals surface area contributed by atoms with Gasteiger partial charge in [-0.25, -0.2) is 4.68 Å². The van der Waals surface area contributed by atoms with Crippen LogP contribution in [0, 0.1) is 0 Å². The third-order valence-corrected chi connectivity index (χ3v) is 6.05. The van der Waals surface area contributed by atoms with Gasteiger partial charge in [-0.2, -0.15) is 5.10 Å². The quantitative estimate of drug-likeness (QED) is 0.543. The normalized spacial score (nSPS) is 15.8. The van der Waals surface area contributed by atoms with Gasteiger partial charge in [-0.15, -0.1) is 0 Å². The predicted molar refractivity (Wildman–Crippen MR) is 125 cm³/mol. The van der Waals surface area contributed by atoms with Crippen molar-refractivity contribution >= 4 is 11.7 Å². The molecule has 0 unspecified atom stereocenters. The van der Waals surface area contributed by atoms with Crippen LogP contribution in [0.3, 0.4) is 0 Å². The number of hydrogen-bond donors (Lipinski definition) is 2. The molecular weight excluding hydrogens is 420 g/mol. The maximum atomic E-state index is 12.9. The average Bonchev–Trinajstić information content (AvgIpc) is 3.29. The fourth-order valence-electron chi connectivity index (χ4n) is 4.33. The van der Waals surface area contributed by atoms with Crippen LogP contribution < -0.4 is 10.1 Å². The van der Waals surface area contributed by atoms with Gasteiger partial charge in [0.25, 0.3) is 5.91 Å². The minimum Gasteiger partial charge on any atom is -0.504 e. The molecule has 1 aliphatic heterocycles. The summed E-state index contributed by atoms with van der Waals surface area (Å²) in [6.07, 6.45) is 2.86. The number of aromatic nitrogens is 2. The van der Waals surface area contributed by atoms with Crippen LogP contribution in [0.25, 0.3) is 0 Å². The molecule has 0 aliphatic carbocycles. The molecule has 0 bridgehead atoms. The monoisotopic (exact) mass is 450 g/mol. The fourth-order valence-corrected chi connectivity index (χ4v) is 4.33. The van der Waals surface area contributed by atoms with E-state index in [0.29, 0.717) is 11.6 Å². The zero-order chi connectivity index (χ0) is 23.2. The maximum Gasteiger partial charge on any atom is 0.259 e. The van der Waals surface area contributed by atoms with Gasteiger partial charge in [-0.05, 0) is 36.1 Å². The van der Waals surface area contributed by atoms with Crippen molar-refractivity contribution in [2.24, 2.45) is 0 Å². The number of likely N-dealkylation sites (tertiary alicyclic amines) is 1. The molecular formula is C25H30N4O4. The summed E-state index contributed by atoms with van der Waals surface area (Å²) >= 11 is 0. The van der Waals surface area contributed by atoms with Crippen LogP contribution in [-0.2, 0) is 16.1 Å². The molecule has 1 aliphatic rings. The number of carbonyl (C=O) groups excluding carboxylic acids is 1. The second-order valence-electron chi connectivity index (χ2n) is 8.19. The number of piperidine rings is 1. The maximum absolute atomic E-state index is 12.9. The largest absolute Gasteiger partial charge is 0.504 e. The first-order valence-electron chi connectivity index (χ1n) is 11.1. The number of nitrogens with one attached hydrogen (secondary N) is 1. The summed E-state index contributed by atoms with van der Waals surface area (Å²) < 4.78 is 12.5. The van der Waals surface area contributed by atoms with E-state index in [1.807, 2.05) is 47.1 Å². The Kier molecular flexibility index (Phi) is 7.26. The molecule has 1 fully saturated rings. The molecule has 0 spiro atoms. The number of phenolic OH excluding ortho intramolecular Hbond substituents is 1. The molecule has 1 saturated heterocycles. The molecule has 3 aromatic rings. The number of carbonyl (C=O) groups is 1. The highest BCUT2D eigenvalue weighted by Gasteiger charge is 2.25. The van der Waals surface area contributed by atoms with Gasteiger partial charge in [-0.3, -0.25) is 9.69 Å². The molecule has 174 valence electrons. The Labute approximate surface area is 193 Å². The standard InChI is InChI=1S/C25H30N4O4/c1-32-22-9-8-18(16-21(22)30)17-28-14-11-20(12-15-28)29-23(10-13-26-29)27-25(31)24(33-2)19-6-4-3-5-7-19/h3-10,13,16,20,24,30H,11-12,14-15,17H2,1-2H3,(H,27,31)/t24-/m0/s1. The van der Waals surface area contributed by atoms with Crippen molar-refractivity contribution in [1.82, 2.24) is 14.7 Å². The molecule has 1 amide bonds. The molecule has 1 aromatic heterocycles. The lowest BCUT2D eigenvalue weighted by atomic mass is 10.0. The van der Waals surface area contributed by atoms with Gasteiger partial charge in [0.15, 0.2) is 17.6 Å². The van der Waals surface area contributed by atoms with Crippen molar-refractivity contribution in [2.75, 3.05) is 32.6 Å². The minimum absolute atomic E-state index is 0.159. The lowest BCUT2D eigenvalue weighted by Gasteiger charge is -2.32. The van der Waals surface area contributed by atoms with E-state index < -0.39 is 6.10 Å². The van der Waals surface area contributed by atoms with E-state index in [2.05, 4.69) is 15.3 Å². The predicted octanol–water partition coefficient (Wildman–Crippen LogP) is 3.76. The Balaban J connectivity index is 1.36. The molecule has 8 nitrogen and oxygen atoms in total. The molecule has 2 aromatic carbocycles. The summed E-state index contributed by atoms with van der Waals surface area (Å²) in [5.74, 6) is 1.10. The van der Waals surface area contributed by atoms with E-state index in [0.717, 1.165) is 43.6 Å². The molecule has 2 N–H and O–H groups in total. The highest BCUT2D eigenvalue weighted by Crippen LogP contribution is 2.30. The van der Waals surface area contributed by atoms with Gasteiger partial charge < -0.3 is 19.9 Å². The third kappa shape index (κ3) is 5.35. The molecule has 33 heavy (non-hydrogen) atoms. The van der Waals surface area contributed by atoms with Crippen molar-refractivity contribution in [1.29, 1.82) is 0 Å². The molecule has 4 rings (SSSR count). The van der Waals surface area contributed by atoms with Gasteiger partial charge in [0.2, 0.25) is 0 Å². The first-order valence-corrected chi connectivity index (χ1v) is 11.1. The van der Waals surface area contributed by atoms with Crippen molar-refractivity contribution < 1.29 is 19.4 Å². The number of anilines is 1. The van der Waals surface area contributed by atoms with E-state index in [4.69, 9.17) is 9.47 Å². The van der Waals surface area contributed by atoms with Gasteiger partial charge in [0.05, 0.1) is 19.3 Å². The first-order chi connectivity index (χ1) is 16.1. The van der Waals surface area contributed by atoms with E-state index in [-0.39, 0.29) is 17.7 Å². The lowest BCUT2D eigenvalue weighted by molar-refractivity contribution is -0.126. The summed E-state index contributed by atoms with van der Waals surface area (Å²) in [6, 6.07) is 17.0. The van der Waals surface area contributed by atoms with Crippen LogP contribution in [0.2, 0.25) is 0 Å². The Morgan fingerprint density at radius 3 is 2.58 bits per heavy atom. The number of rotatable bonds is 8. The number of nitrogens with zero attached hydrogens (tertiary/aromatic N) is 3. The van der Waals surface area contributed by atoms with E-state index in [1.165, 1.54) is 7.11 Å². The summed E-state index contributed by atoms with van der Waals surface area (Å²) in [5.41, 5.74) is 1.85. The van der Waals surface area contributed by atoms with Crippen LogP contribution in [0.15, 0.2) is 60.8 Å². The van der Waals surface area contributed by atoms with E-state index in [9.17, 15) is 9.90 Å². The Bertz CT molecular complexity index is 1060. The Morgan fingerprint density at radius 2 is 1.91 bits per heavy atom. The van der Waals surface area contributed by atoms with Crippen LogP contribution in [0.5, 0.6) is 11.5 Å². The highest BCUT2D eigenvalue weighted by molar-refractivity contribution is 5.94. The summed E-state index contributed by atoms with van der Waals surface area (Å²) in [7, 11) is 3.08.